The third-order valence-electron chi connectivity index (χ3n) is 7.22. The van der Waals surface area contributed by atoms with E-state index in [-0.39, 0.29) is 0 Å². The first kappa shape index (κ1) is 22.6. The molecule has 6 rings (SSSR count). The van der Waals surface area contributed by atoms with Gasteiger partial charge < -0.3 is 19.7 Å². The van der Waals surface area contributed by atoms with Crippen LogP contribution >= 0.6 is 0 Å². The van der Waals surface area contributed by atoms with Crippen molar-refractivity contribution in [1.29, 1.82) is 0 Å². The van der Waals surface area contributed by atoms with Gasteiger partial charge in [0.15, 0.2) is 0 Å². The third-order valence-corrected chi connectivity index (χ3v) is 7.22. The molecule has 0 bridgehead atoms. The molecule has 5 heteroatoms. The molecule has 0 unspecified atom stereocenters. The number of ether oxygens (including phenoxy) is 2. The summed E-state index contributed by atoms with van der Waals surface area (Å²) in [6.07, 6.45) is 0. The van der Waals surface area contributed by atoms with Crippen molar-refractivity contribution in [3.8, 4) is 22.9 Å². The Morgan fingerprint density at radius 1 is 0.694 bits per heavy atom. The molecular formula is C31H31N3O2. The maximum absolute atomic E-state index is 6.24. The van der Waals surface area contributed by atoms with Crippen molar-refractivity contribution >= 4 is 5.69 Å². The minimum atomic E-state index is 0.450. The largest absolute Gasteiger partial charge is 0.473 e. The Labute approximate surface area is 212 Å². The molecule has 5 nitrogen and oxygen atoms in total. The fraction of sp³-hybridized carbons (Fsp3) is 0.258. The number of hydrogen-bond donors (Lipinski definition) is 1. The Bertz CT molecular complexity index is 1270. The first-order valence-electron chi connectivity index (χ1n) is 12.7. The highest BCUT2D eigenvalue weighted by Gasteiger charge is 2.36. The summed E-state index contributed by atoms with van der Waals surface area (Å²) in [5.74, 6) is 2.68. The van der Waals surface area contributed by atoms with Crippen LogP contribution in [0.2, 0.25) is 0 Å². The Hall–Kier alpha value is -3.83. The van der Waals surface area contributed by atoms with E-state index in [1.807, 2.05) is 54.6 Å². The molecule has 3 heterocycles. The van der Waals surface area contributed by atoms with Gasteiger partial charge >= 0.3 is 0 Å². The van der Waals surface area contributed by atoms with Crippen LogP contribution in [0.15, 0.2) is 97.1 Å². The number of hydrogen-bond acceptors (Lipinski definition) is 5. The summed E-state index contributed by atoms with van der Waals surface area (Å²) in [5.41, 5.74) is 5.55. The second-order valence-corrected chi connectivity index (χ2v) is 9.68. The van der Waals surface area contributed by atoms with E-state index >= 15 is 0 Å². The van der Waals surface area contributed by atoms with Crippen molar-refractivity contribution in [1.82, 2.24) is 10.3 Å². The molecule has 0 amide bonds. The predicted octanol–water partition coefficient (Wildman–Crippen LogP) is 5.56. The number of rotatable bonds is 8. The SMILES string of the molecule is c1ccc(COc2ccc(-c3ccc(N4C[C@H]5CNC[C@@H]5C4)cc3)c(OCc3ccccc3)n2)cc1. The molecule has 2 aliphatic rings. The Morgan fingerprint density at radius 3 is 1.94 bits per heavy atom. The molecule has 0 radical (unpaired) electrons. The van der Waals surface area contributed by atoms with Gasteiger partial charge in [0, 0.05) is 43.5 Å². The number of nitrogens with zero attached hydrogens (tertiary/aromatic N) is 2. The van der Waals surface area contributed by atoms with E-state index in [9.17, 15) is 0 Å². The number of pyridine rings is 1. The monoisotopic (exact) mass is 477 g/mol. The average molecular weight is 478 g/mol. The molecule has 2 atom stereocenters. The van der Waals surface area contributed by atoms with Gasteiger partial charge in [-0.1, -0.05) is 72.8 Å². The molecule has 0 aliphatic carbocycles. The van der Waals surface area contributed by atoms with Crippen molar-refractivity contribution in [2.75, 3.05) is 31.1 Å². The van der Waals surface area contributed by atoms with Crippen molar-refractivity contribution in [3.05, 3.63) is 108 Å². The molecule has 1 N–H and O–H groups in total. The van der Waals surface area contributed by atoms with Crippen LogP contribution in [0.3, 0.4) is 0 Å². The second-order valence-electron chi connectivity index (χ2n) is 9.68. The van der Waals surface area contributed by atoms with Gasteiger partial charge in [0.2, 0.25) is 11.8 Å². The zero-order valence-corrected chi connectivity index (χ0v) is 20.3. The molecule has 2 aliphatic heterocycles. The average Bonchev–Trinajstić information content (AvgIpc) is 3.55. The maximum Gasteiger partial charge on any atom is 0.225 e. The van der Waals surface area contributed by atoms with Crippen LogP contribution in [0.4, 0.5) is 5.69 Å². The molecule has 2 fully saturated rings. The molecule has 1 aromatic heterocycles. The van der Waals surface area contributed by atoms with Gasteiger partial charge in [-0.3, -0.25) is 0 Å². The molecule has 36 heavy (non-hydrogen) atoms. The van der Waals surface area contributed by atoms with Crippen LogP contribution in [0.5, 0.6) is 11.8 Å². The van der Waals surface area contributed by atoms with Crippen LogP contribution in [-0.2, 0) is 13.2 Å². The van der Waals surface area contributed by atoms with E-state index < -0.39 is 0 Å². The van der Waals surface area contributed by atoms with Crippen LogP contribution in [-0.4, -0.2) is 31.2 Å². The molecule has 182 valence electrons. The zero-order chi connectivity index (χ0) is 24.2. The lowest BCUT2D eigenvalue weighted by Crippen LogP contribution is -2.25. The highest BCUT2D eigenvalue weighted by atomic mass is 16.5. The van der Waals surface area contributed by atoms with Crippen molar-refractivity contribution in [3.63, 3.8) is 0 Å². The van der Waals surface area contributed by atoms with Gasteiger partial charge in [-0.05, 0) is 46.7 Å². The summed E-state index contributed by atoms with van der Waals surface area (Å²) in [7, 11) is 0. The Kier molecular flexibility index (Phi) is 6.55. The molecule has 3 aromatic carbocycles. The predicted molar refractivity (Wildman–Crippen MR) is 143 cm³/mol. The van der Waals surface area contributed by atoms with Crippen molar-refractivity contribution < 1.29 is 9.47 Å². The van der Waals surface area contributed by atoms with E-state index in [0.29, 0.717) is 25.0 Å². The standard InChI is InChI=1S/C31H31N3O2/c1-3-7-23(8-4-1)21-35-30-16-15-29(31(33-30)36-22-24-9-5-2-6-10-24)25-11-13-28(14-12-25)34-19-26-17-32-18-27(26)20-34/h1-16,26-27,32H,17-22H2/t26-,27-/m1/s1. The van der Waals surface area contributed by atoms with Crippen LogP contribution < -0.4 is 19.7 Å². The number of aromatic nitrogens is 1. The van der Waals surface area contributed by atoms with Gasteiger partial charge in [-0.15, -0.1) is 0 Å². The van der Waals surface area contributed by atoms with Crippen molar-refractivity contribution in [2.24, 2.45) is 11.8 Å². The first-order valence-corrected chi connectivity index (χ1v) is 12.7. The lowest BCUT2D eigenvalue weighted by molar-refractivity contribution is 0.268. The topological polar surface area (TPSA) is 46.6 Å². The summed E-state index contributed by atoms with van der Waals surface area (Å²) >= 11 is 0. The van der Waals surface area contributed by atoms with Gasteiger partial charge in [-0.25, -0.2) is 0 Å². The molecule has 4 aromatic rings. The smallest absolute Gasteiger partial charge is 0.225 e. The summed E-state index contributed by atoms with van der Waals surface area (Å²) in [6, 6.07) is 33.1. The Balaban J connectivity index is 1.22. The van der Waals surface area contributed by atoms with Crippen LogP contribution in [0.1, 0.15) is 11.1 Å². The lowest BCUT2D eigenvalue weighted by Gasteiger charge is -2.20. The second kappa shape index (κ2) is 10.4. The third kappa shape index (κ3) is 5.07. The molecule has 0 spiro atoms. The highest BCUT2D eigenvalue weighted by Crippen LogP contribution is 2.35. The molecular weight excluding hydrogens is 446 g/mol. The summed E-state index contributed by atoms with van der Waals surface area (Å²) < 4.78 is 12.2. The first-order chi connectivity index (χ1) is 17.8. The summed E-state index contributed by atoms with van der Waals surface area (Å²) in [6.45, 7) is 5.48. The van der Waals surface area contributed by atoms with Crippen LogP contribution in [0, 0.1) is 11.8 Å². The van der Waals surface area contributed by atoms with Gasteiger partial charge in [0.25, 0.3) is 0 Å². The van der Waals surface area contributed by atoms with Gasteiger partial charge in [0.1, 0.15) is 13.2 Å². The van der Waals surface area contributed by atoms with E-state index in [2.05, 4.69) is 52.7 Å². The summed E-state index contributed by atoms with van der Waals surface area (Å²) in [4.78, 5) is 7.28. The number of fused-ring (bicyclic) bond motifs is 1. The van der Waals surface area contributed by atoms with Gasteiger partial charge in [-0.2, -0.15) is 4.98 Å². The lowest BCUT2D eigenvalue weighted by atomic mass is 10.0. The fourth-order valence-corrected chi connectivity index (χ4v) is 5.21. The van der Waals surface area contributed by atoms with E-state index in [4.69, 9.17) is 14.5 Å². The van der Waals surface area contributed by atoms with Crippen molar-refractivity contribution in [2.45, 2.75) is 13.2 Å². The summed E-state index contributed by atoms with van der Waals surface area (Å²) in [5, 5.41) is 3.52. The van der Waals surface area contributed by atoms with Crippen LogP contribution in [0.25, 0.3) is 11.1 Å². The highest BCUT2D eigenvalue weighted by molar-refractivity contribution is 5.71. The quantitative estimate of drug-likeness (QED) is 0.360. The minimum Gasteiger partial charge on any atom is -0.473 e. The normalized spacial score (nSPS) is 18.7. The van der Waals surface area contributed by atoms with E-state index in [0.717, 1.165) is 60.3 Å². The number of benzene rings is 3. The molecule has 2 saturated heterocycles. The molecule has 0 saturated carbocycles. The van der Waals surface area contributed by atoms with E-state index in [1.165, 1.54) is 5.69 Å². The zero-order valence-electron chi connectivity index (χ0n) is 20.3. The minimum absolute atomic E-state index is 0.450. The fourth-order valence-electron chi connectivity index (χ4n) is 5.21. The number of anilines is 1. The van der Waals surface area contributed by atoms with Gasteiger partial charge in [0.05, 0.1) is 0 Å². The van der Waals surface area contributed by atoms with E-state index in [1.54, 1.807) is 0 Å². The maximum atomic E-state index is 6.24. The number of nitrogens with one attached hydrogen (secondary N) is 1. The Morgan fingerprint density at radius 2 is 1.31 bits per heavy atom.